The zero-order valence-electron chi connectivity index (χ0n) is 15.0. The molecule has 0 fully saturated rings. The van der Waals surface area contributed by atoms with Crippen molar-refractivity contribution in [3.8, 4) is 5.75 Å². The molecule has 2 aromatic heterocycles. The number of carbonyl (C=O) groups excluding carboxylic acids is 2. The summed E-state index contributed by atoms with van der Waals surface area (Å²) in [6.45, 7) is 0.315. The van der Waals surface area contributed by atoms with Gasteiger partial charge < -0.3 is 15.4 Å². The number of halogens is 1. The van der Waals surface area contributed by atoms with Crippen LogP contribution >= 0.6 is 11.6 Å². The number of nitrogens with zero attached hydrogens (tertiary/aromatic N) is 2. The van der Waals surface area contributed by atoms with E-state index >= 15 is 0 Å². The van der Waals surface area contributed by atoms with Gasteiger partial charge in [-0.05, 0) is 42.0 Å². The van der Waals surface area contributed by atoms with E-state index in [9.17, 15) is 9.59 Å². The quantitative estimate of drug-likeness (QED) is 0.666. The molecule has 1 aromatic carbocycles. The molecule has 3 rings (SSSR count). The lowest BCUT2D eigenvalue weighted by atomic mass is 10.2. The van der Waals surface area contributed by atoms with Gasteiger partial charge in [0.15, 0.2) is 0 Å². The van der Waals surface area contributed by atoms with Crippen molar-refractivity contribution < 1.29 is 14.3 Å². The average molecular weight is 397 g/mol. The molecule has 8 heteroatoms. The lowest BCUT2D eigenvalue weighted by Gasteiger charge is -2.09. The number of pyridine rings is 2. The number of ether oxygens (including phenoxy) is 1. The maximum atomic E-state index is 12.5. The van der Waals surface area contributed by atoms with E-state index in [1.165, 1.54) is 25.4 Å². The van der Waals surface area contributed by atoms with E-state index in [1.54, 1.807) is 36.7 Å². The maximum Gasteiger partial charge on any atom is 0.270 e. The van der Waals surface area contributed by atoms with Crippen LogP contribution in [0.5, 0.6) is 5.75 Å². The number of benzene rings is 1. The Labute approximate surface area is 166 Å². The lowest BCUT2D eigenvalue weighted by Crippen LogP contribution is -2.24. The summed E-state index contributed by atoms with van der Waals surface area (Å²) in [5, 5.41) is 5.85. The van der Waals surface area contributed by atoms with Gasteiger partial charge >= 0.3 is 0 Å². The van der Waals surface area contributed by atoms with Gasteiger partial charge in [0.25, 0.3) is 11.8 Å². The molecule has 2 N–H and O–H groups in total. The number of nitrogens with one attached hydrogen (secondary N) is 2. The normalized spacial score (nSPS) is 10.2. The highest BCUT2D eigenvalue weighted by molar-refractivity contribution is 6.32. The molecule has 3 aromatic rings. The summed E-state index contributed by atoms with van der Waals surface area (Å²) in [5.41, 5.74) is 1.81. The molecule has 0 spiro atoms. The van der Waals surface area contributed by atoms with Gasteiger partial charge in [0.2, 0.25) is 0 Å². The van der Waals surface area contributed by atoms with Crippen molar-refractivity contribution in [1.29, 1.82) is 0 Å². The molecule has 0 aliphatic carbocycles. The molecule has 0 radical (unpaired) electrons. The third-order valence-corrected chi connectivity index (χ3v) is 4.14. The predicted octanol–water partition coefficient (Wildman–Crippen LogP) is 3.32. The molecule has 0 aliphatic rings. The van der Waals surface area contributed by atoms with Crippen LogP contribution < -0.4 is 15.4 Å². The number of amides is 2. The third kappa shape index (κ3) is 4.83. The Bertz CT molecular complexity index is 996. The third-order valence-electron chi connectivity index (χ3n) is 3.84. The summed E-state index contributed by atoms with van der Waals surface area (Å²) in [5.74, 6) is -0.257. The first kappa shape index (κ1) is 19.3. The van der Waals surface area contributed by atoms with Gasteiger partial charge in [0, 0.05) is 36.4 Å². The van der Waals surface area contributed by atoms with E-state index in [2.05, 4.69) is 20.6 Å². The Morgan fingerprint density at radius 2 is 1.96 bits per heavy atom. The summed E-state index contributed by atoms with van der Waals surface area (Å²) in [4.78, 5) is 32.8. The van der Waals surface area contributed by atoms with E-state index in [-0.39, 0.29) is 17.5 Å². The van der Waals surface area contributed by atoms with Gasteiger partial charge in [-0.3, -0.25) is 19.6 Å². The second kappa shape index (κ2) is 8.96. The van der Waals surface area contributed by atoms with Crippen LogP contribution in [0.2, 0.25) is 5.02 Å². The number of rotatable bonds is 6. The molecule has 0 bridgehead atoms. The number of hydrogen-bond acceptors (Lipinski definition) is 5. The van der Waals surface area contributed by atoms with Crippen LogP contribution in [0.15, 0.2) is 61.1 Å². The van der Waals surface area contributed by atoms with Crippen LogP contribution in [0.25, 0.3) is 0 Å². The Balaban J connectivity index is 1.67. The first-order valence-corrected chi connectivity index (χ1v) is 8.72. The fourth-order valence-electron chi connectivity index (χ4n) is 2.42. The molecule has 2 amide bonds. The molecule has 0 saturated heterocycles. The van der Waals surface area contributed by atoms with Crippen LogP contribution in [-0.2, 0) is 6.54 Å². The summed E-state index contributed by atoms with van der Waals surface area (Å²) in [6.07, 6.45) is 4.73. The second-order valence-corrected chi connectivity index (χ2v) is 6.18. The Hall–Kier alpha value is -3.45. The zero-order chi connectivity index (χ0) is 19.9. The predicted molar refractivity (Wildman–Crippen MR) is 106 cm³/mol. The van der Waals surface area contributed by atoms with Crippen molar-refractivity contribution in [2.24, 2.45) is 0 Å². The highest BCUT2D eigenvalue weighted by Gasteiger charge is 2.13. The average Bonchev–Trinajstić information content (AvgIpc) is 2.73. The number of aromatic nitrogens is 2. The van der Waals surface area contributed by atoms with Gasteiger partial charge in [-0.1, -0.05) is 17.7 Å². The Morgan fingerprint density at radius 1 is 1.11 bits per heavy atom. The van der Waals surface area contributed by atoms with Crippen LogP contribution in [0.1, 0.15) is 26.4 Å². The van der Waals surface area contributed by atoms with E-state index in [4.69, 9.17) is 16.3 Å². The minimum Gasteiger partial charge on any atom is -0.495 e. The molecule has 0 unspecified atom stereocenters. The fourth-order valence-corrected chi connectivity index (χ4v) is 2.68. The van der Waals surface area contributed by atoms with Gasteiger partial charge in [0.05, 0.1) is 12.1 Å². The van der Waals surface area contributed by atoms with Crippen molar-refractivity contribution >= 4 is 29.1 Å². The molecule has 142 valence electrons. The minimum atomic E-state index is -0.384. The van der Waals surface area contributed by atoms with Gasteiger partial charge in [-0.25, -0.2) is 0 Å². The smallest absolute Gasteiger partial charge is 0.270 e. The van der Waals surface area contributed by atoms with Crippen molar-refractivity contribution in [2.75, 3.05) is 12.4 Å². The minimum absolute atomic E-state index is 0.143. The Kier molecular flexibility index (Phi) is 6.18. The number of methoxy groups -OCH3 is 1. The number of hydrogen-bond donors (Lipinski definition) is 2. The molecular formula is C20H17ClN4O3. The zero-order valence-corrected chi connectivity index (χ0v) is 15.7. The first-order valence-electron chi connectivity index (χ1n) is 8.35. The van der Waals surface area contributed by atoms with Crippen LogP contribution in [-0.4, -0.2) is 28.9 Å². The molecule has 0 saturated carbocycles. The highest BCUT2D eigenvalue weighted by atomic mass is 35.5. The maximum absolute atomic E-state index is 12.5. The van der Waals surface area contributed by atoms with Crippen LogP contribution in [0.4, 0.5) is 5.69 Å². The molecule has 0 atom stereocenters. The topological polar surface area (TPSA) is 93.2 Å². The summed E-state index contributed by atoms with van der Waals surface area (Å²) >= 11 is 6.07. The van der Waals surface area contributed by atoms with Crippen molar-refractivity contribution in [2.45, 2.75) is 6.54 Å². The SMILES string of the molecule is COc1ccc(NC(=O)c2ccnc(C(=O)NCc3cccnc3)c2)cc1Cl. The fraction of sp³-hybridized carbons (Fsp3) is 0.100. The van der Waals surface area contributed by atoms with Crippen molar-refractivity contribution in [3.63, 3.8) is 0 Å². The molecule has 28 heavy (non-hydrogen) atoms. The summed E-state index contributed by atoms with van der Waals surface area (Å²) in [6, 6.07) is 11.5. The monoisotopic (exact) mass is 396 g/mol. The van der Waals surface area contributed by atoms with Crippen molar-refractivity contribution in [1.82, 2.24) is 15.3 Å². The van der Waals surface area contributed by atoms with Gasteiger partial charge in [-0.15, -0.1) is 0 Å². The van der Waals surface area contributed by atoms with Crippen LogP contribution in [0, 0.1) is 0 Å². The van der Waals surface area contributed by atoms with Gasteiger partial charge in [-0.2, -0.15) is 0 Å². The van der Waals surface area contributed by atoms with Crippen molar-refractivity contribution in [3.05, 3.63) is 82.9 Å². The van der Waals surface area contributed by atoms with E-state index in [0.29, 0.717) is 28.6 Å². The van der Waals surface area contributed by atoms with Gasteiger partial charge in [0.1, 0.15) is 11.4 Å². The molecule has 0 aliphatic heterocycles. The first-order chi connectivity index (χ1) is 13.6. The lowest BCUT2D eigenvalue weighted by molar-refractivity contribution is 0.0946. The van der Waals surface area contributed by atoms with E-state index in [0.717, 1.165) is 5.56 Å². The Morgan fingerprint density at radius 3 is 2.68 bits per heavy atom. The van der Waals surface area contributed by atoms with E-state index < -0.39 is 0 Å². The number of carbonyl (C=O) groups is 2. The van der Waals surface area contributed by atoms with Crippen LogP contribution in [0.3, 0.4) is 0 Å². The molecular weight excluding hydrogens is 380 g/mol. The summed E-state index contributed by atoms with van der Waals surface area (Å²) in [7, 11) is 1.51. The second-order valence-electron chi connectivity index (χ2n) is 5.78. The molecule has 2 heterocycles. The largest absolute Gasteiger partial charge is 0.495 e. The summed E-state index contributed by atoms with van der Waals surface area (Å²) < 4.78 is 5.09. The van der Waals surface area contributed by atoms with E-state index in [1.807, 2.05) is 6.07 Å². The standard InChI is InChI=1S/C20H17ClN4O3/c1-28-18-5-4-15(10-16(18)21)25-19(26)14-6-8-23-17(9-14)20(27)24-12-13-3-2-7-22-11-13/h2-11H,12H2,1H3,(H,24,27)(H,25,26). The number of anilines is 1. The highest BCUT2D eigenvalue weighted by Crippen LogP contribution is 2.27. The molecule has 7 nitrogen and oxygen atoms in total.